The molecule has 0 bridgehead atoms. The summed E-state index contributed by atoms with van der Waals surface area (Å²) < 4.78 is 47.4. The first-order valence-electron chi connectivity index (χ1n) is 11.0. The van der Waals surface area contributed by atoms with Crippen molar-refractivity contribution >= 4 is 22.0 Å². The Morgan fingerprint density at radius 1 is 1.38 bits per heavy atom. The molecule has 2 aromatic rings. The lowest BCUT2D eigenvalue weighted by molar-refractivity contribution is 0.0373. The number of hydrogen-bond donors (Lipinski definition) is 1. The van der Waals surface area contributed by atoms with Gasteiger partial charge >= 0.3 is 0 Å². The van der Waals surface area contributed by atoms with Crippen LogP contribution in [0.3, 0.4) is 0 Å². The molecular weight excluding hydrogens is 461 g/mol. The summed E-state index contributed by atoms with van der Waals surface area (Å²) in [5.41, 5.74) is 0.937. The van der Waals surface area contributed by atoms with Crippen molar-refractivity contribution in [3.8, 4) is 5.88 Å². The van der Waals surface area contributed by atoms with Crippen LogP contribution < -0.4 is 4.74 Å². The molecule has 0 aliphatic carbocycles. The number of aliphatic hydroxyl groups is 1. The standard InChI is InChI=1S/C24H30FN3O5S/c1-5-8-18-11-19-23(26-12-18)33-21(16(2)13-28(24(19)30)17(3)15-29)14-27(4)34(31,32)22-10-7-6-9-20(22)25/h5-12,16-17,21,29H,13-15H2,1-4H3/b8-5+/t16-,17+,21+/m1/s1. The summed E-state index contributed by atoms with van der Waals surface area (Å²) in [4.78, 5) is 18.8. The van der Waals surface area contributed by atoms with Crippen molar-refractivity contribution in [3.05, 3.63) is 59.5 Å². The van der Waals surface area contributed by atoms with Gasteiger partial charge in [-0.2, -0.15) is 4.31 Å². The van der Waals surface area contributed by atoms with Crippen LogP contribution in [0.15, 0.2) is 47.5 Å². The fourth-order valence-electron chi connectivity index (χ4n) is 3.79. The summed E-state index contributed by atoms with van der Waals surface area (Å²) in [6.45, 7) is 5.32. The molecule has 0 unspecified atom stereocenters. The second-order valence-electron chi connectivity index (χ2n) is 8.46. The van der Waals surface area contributed by atoms with E-state index in [-0.39, 0.29) is 43.0 Å². The van der Waals surface area contributed by atoms with Crippen molar-refractivity contribution in [2.24, 2.45) is 5.92 Å². The molecule has 3 rings (SSSR count). The van der Waals surface area contributed by atoms with Crippen molar-refractivity contribution in [2.45, 2.75) is 37.8 Å². The van der Waals surface area contributed by atoms with Gasteiger partial charge in [0, 0.05) is 25.7 Å². The maximum atomic E-state index is 14.2. The lowest BCUT2D eigenvalue weighted by Gasteiger charge is -2.37. The van der Waals surface area contributed by atoms with Crippen LogP contribution >= 0.6 is 0 Å². The molecule has 184 valence electrons. The van der Waals surface area contributed by atoms with Crippen LogP contribution in [0.1, 0.15) is 36.7 Å². The zero-order valence-corrected chi connectivity index (χ0v) is 20.5. The third-order valence-electron chi connectivity index (χ3n) is 5.86. The van der Waals surface area contributed by atoms with Crippen LogP contribution in [0.5, 0.6) is 5.88 Å². The van der Waals surface area contributed by atoms with Crippen molar-refractivity contribution in [1.29, 1.82) is 0 Å². The predicted molar refractivity (Wildman–Crippen MR) is 126 cm³/mol. The molecule has 8 nitrogen and oxygen atoms in total. The number of amides is 1. The summed E-state index contributed by atoms with van der Waals surface area (Å²) in [5.74, 6) is -1.39. The number of allylic oxidation sites excluding steroid dienone is 1. The first-order chi connectivity index (χ1) is 16.1. The molecule has 10 heteroatoms. The molecule has 0 saturated heterocycles. The quantitative estimate of drug-likeness (QED) is 0.639. The summed E-state index contributed by atoms with van der Waals surface area (Å²) in [6.07, 6.45) is 4.49. The van der Waals surface area contributed by atoms with Gasteiger partial charge in [0.2, 0.25) is 15.9 Å². The zero-order chi connectivity index (χ0) is 25.0. The Bertz CT molecular complexity index is 1170. The maximum Gasteiger partial charge on any atom is 0.259 e. The van der Waals surface area contributed by atoms with Crippen molar-refractivity contribution in [2.75, 3.05) is 26.7 Å². The highest BCUT2D eigenvalue weighted by molar-refractivity contribution is 7.89. The van der Waals surface area contributed by atoms with Crippen LogP contribution in [0, 0.1) is 11.7 Å². The fourth-order valence-corrected chi connectivity index (χ4v) is 5.04. The van der Waals surface area contributed by atoms with Crippen molar-refractivity contribution in [3.63, 3.8) is 0 Å². The third-order valence-corrected chi connectivity index (χ3v) is 7.72. The highest BCUT2D eigenvalue weighted by atomic mass is 32.2. The molecule has 1 N–H and O–H groups in total. The Kier molecular flexibility index (Phi) is 8.06. The molecule has 1 aliphatic rings. The van der Waals surface area contributed by atoms with E-state index in [9.17, 15) is 22.7 Å². The molecular formula is C24H30FN3O5S. The number of halogens is 1. The maximum absolute atomic E-state index is 14.2. The first kappa shape index (κ1) is 25.8. The molecule has 34 heavy (non-hydrogen) atoms. The average Bonchev–Trinajstić information content (AvgIpc) is 2.81. The number of aliphatic hydroxyl groups excluding tert-OH is 1. The molecule has 2 heterocycles. The number of hydrogen-bond acceptors (Lipinski definition) is 6. The number of ether oxygens (including phenoxy) is 1. The third kappa shape index (κ3) is 5.29. The van der Waals surface area contributed by atoms with Crippen LogP contribution in [-0.4, -0.2) is 72.5 Å². The molecule has 1 aliphatic heterocycles. The van der Waals surface area contributed by atoms with Crippen LogP contribution in [0.4, 0.5) is 4.39 Å². The molecule has 1 aromatic heterocycles. The lowest BCUT2D eigenvalue weighted by Crippen LogP contribution is -2.50. The number of benzene rings is 1. The topological polar surface area (TPSA) is 100 Å². The summed E-state index contributed by atoms with van der Waals surface area (Å²) >= 11 is 0. The molecule has 3 atom stereocenters. The Morgan fingerprint density at radius 2 is 2.09 bits per heavy atom. The predicted octanol–water partition coefficient (Wildman–Crippen LogP) is 2.79. The zero-order valence-electron chi connectivity index (χ0n) is 19.7. The van der Waals surface area contributed by atoms with E-state index in [1.807, 2.05) is 19.9 Å². The number of carbonyl (C=O) groups excluding carboxylic acids is 1. The molecule has 0 radical (unpaired) electrons. The largest absolute Gasteiger partial charge is 0.472 e. The highest BCUT2D eigenvalue weighted by Crippen LogP contribution is 2.28. The molecule has 0 fully saturated rings. The number of rotatable bonds is 7. The van der Waals surface area contributed by atoms with Crippen LogP contribution in [0.2, 0.25) is 0 Å². The summed E-state index contributed by atoms with van der Waals surface area (Å²) in [7, 11) is -2.76. The van der Waals surface area contributed by atoms with Crippen molar-refractivity contribution in [1.82, 2.24) is 14.2 Å². The molecule has 1 aromatic carbocycles. The summed E-state index contributed by atoms with van der Waals surface area (Å²) in [5, 5.41) is 9.74. The van der Waals surface area contributed by atoms with E-state index >= 15 is 0 Å². The second-order valence-corrected chi connectivity index (χ2v) is 10.5. The van der Waals surface area contributed by atoms with E-state index in [4.69, 9.17) is 4.74 Å². The van der Waals surface area contributed by atoms with Gasteiger partial charge in [-0.25, -0.2) is 17.8 Å². The van der Waals surface area contributed by atoms with Gasteiger partial charge in [0.15, 0.2) is 0 Å². The van der Waals surface area contributed by atoms with Gasteiger partial charge in [-0.1, -0.05) is 31.2 Å². The van der Waals surface area contributed by atoms with E-state index in [0.29, 0.717) is 5.56 Å². The number of aromatic nitrogens is 1. The highest BCUT2D eigenvalue weighted by Gasteiger charge is 2.36. The summed E-state index contributed by atoms with van der Waals surface area (Å²) in [6, 6.07) is 6.39. The SMILES string of the molecule is C/C=C/c1cnc2c(c1)C(=O)N([C@@H](C)CO)C[C@@H](C)[C@H](CN(C)S(=O)(=O)c1ccccc1F)O2. The normalized spacial score (nSPS) is 20.1. The van der Waals surface area contributed by atoms with E-state index in [2.05, 4.69) is 4.98 Å². The number of fused-ring (bicyclic) bond motifs is 1. The number of sulfonamides is 1. The van der Waals surface area contributed by atoms with Gasteiger partial charge in [0.25, 0.3) is 5.91 Å². The lowest BCUT2D eigenvalue weighted by atomic mass is 10.00. The van der Waals surface area contributed by atoms with Crippen molar-refractivity contribution < 1.29 is 27.4 Å². The number of carbonyl (C=O) groups is 1. The van der Waals surface area contributed by atoms with E-state index in [0.717, 1.165) is 10.4 Å². The number of nitrogens with zero attached hydrogens (tertiary/aromatic N) is 3. The van der Waals surface area contributed by atoms with Gasteiger partial charge in [-0.05, 0) is 37.6 Å². The Morgan fingerprint density at radius 3 is 2.74 bits per heavy atom. The van der Waals surface area contributed by atoms with Gasteiger partial charge < -0.3 is 14.7 Å². The van der Waals surface area contributed by atoms with Gasteiger partial charge in [-0.3, -0.25) is 4.79 Å². The second kappa shape index (κ2) is 10.6. The van der Waals surface area contributed by atoms with E-state index in [1.54, 1.807) is 30.2 Å². The van der Waals surface area contributed by atoms with E-state index < -0.39 is 32.9 Å². The molecule has 1 amide bonds. The smallest absolute Gasteiger partial charge is 0.259 e. The van der Waals surface area contributed by atoms with Gasteiger partial charge in [0.1, 0.15) is 22.4 Å². The number of pyridine rings is 1. The van der Waals surface area contributed by atoms with E-state index in [1.165, 1.54) is 25.2 Å². The van der Waals surface area contributed by atoms with Crippen LogP contribution in [-0.2, 0) is 10.0 Å². The monoisotopic (exact) mass is 491 g/mol. The minimum Gasteiger partial charge on any atom is -0.472 e. The minimum absolute atomic E-state index is 0.0848. The Labute approximate surface area is 199 Å². The Hall–Kier alpha value is -2.82. The van der Waals surface area contributed by atoms with Gasteiger partial charge in [0.05, 0.1) is 19.2 Å². The van der Waals surface area contributed by atoms with Gasteiger partial charge in [-0.15, -0.1) is 0 Å². The van der Waals surface area contributed by atoms with Crippen LogP contribution in [0.25, 0.3) is 6.08 Å². The molecule has 0 saturated carbocycles. The Balaban J connectivity index is 1.99. The number of likely N-dealkylation sites (N-methyl/N-ethyl adjacent to an activating group) is 1. The average molecular weight is 492 g/mol. The first-order valence-corrected chi connectivity index (χ1v) is 12.5. The fraction of sp³-hybridized carbons (Fsp3) is 0.417. The minimum atomic E-state index is -4.12. The molecule has 0 spiro atoms.